The minimum Gasteiger partial charge on any atom is -0.508 e. The van der Waals surface area contributed by atoms with Gasteiger partial charge >= 0.3 is 0 Å². The number of hydrogen-bond acceptors (Lipinski definition) is 10. The molecule has 5 aliphatic heterocycles. The fourth-order valence-corrected chi connectivity index (χ4v) is 14.3. The van der Waals surface area contributed by atoms with Gasteiger partial charge in [-0.1, -0.05) is 64.0 Å². The smallest absolute Gasteiger partial charge is 0.188 e. The summed E-state index contributed by atoms with van der Waals surface area (Å²) in [6.07, 6.45) is 20.1. The molecule has 0 unspecified atom stereocenters. The lowest BCUT2D eigenvalue weighted by molar-refractivity contribution is -0.0548. The first kappa shape index (κ1) is 45.1. The number of ether oxygens (including phenoxy) is 3. The van der Waals surface area contributed by atoms with Crippen LogP contribution in [0.4, 0.5) is 0 Å². The number of guanidine groups is 1. The Kier molecular flexibility index (Phi) is 12.6. The molecule has 10 aliphatic rings. The fraction of sp³-hybridized carbons (Fsp3) is 0.589. The summed E-state index contributed by atoms with van der Waals surface area (Å²) in [7, 11) is 1.72. The maximum Gasteiger partial charge on any atom is 0.188 e. The third-order valence-electron chi connectivity index (χ3n) is 17.2. The Labute approximate surface area is 391 Å². The quantitative estimate of drug-likeness (QED) is 0.140. The summed E-state index contributed by atoms with van der Waals surface area (Å²) < 4.78 is 20.4. The van der Waals surface area contributed by atoms with Crippen LogP contribution in [0.25, 0.3) is 11.1 Å². The lowest BCUT2D eigenvalue weighted by Gasteiger charge is -2.53. The van der Waals surface area contributed by atoms with Gasteiger partial charge < -0.3 is 45.7 Å². The first-order chi connectivity index (χ1) is 31.9. The van der Waals surface area contributed by atoms with Gasteiger partial charge in [-0.15, -0.1) is 0 Å². The fourth-order valence-electron chi connectivity index (χ4n) is 14.3. The zero-order valence-corrected chi connectivity index (χ0v) is 39.6. The number of aliphatic imine (C=N–C) groups is 1. The van der Waals surface area contributed by atoms with Gasteiger partial charge in [0, 0.05) is 48.5 Å². The molecule has 1 spiro atoms. The van der Waals surface area contributed by atoms with E-state index in [1.54, 1.807) is 13.2 Å². The van der Waals surface area contributed by atoms with Crippen molar-refractivity contribution in [2.45, 2.75) is 141 Å². The molecular weight excluding hydrogens is 827 g/mol. The average Bonchev–Trinajstić information content (AvgIpc) is 3.72. The number of phenolic OH excluding ortho intramolecular Hbond substituents is 2. The third kappa shape index (κ3) is 8.26. The third-order valence-corrected chi connectivity index (χ3v) is 17.2. The molecule has 7 N–H and O–H groups in total. The molecule has 13 rings (SSSR count). The standard InChI is InChI=1S/C56H73N3O7/c1-5-32-22-34-13-12-33(32)23-40(60)10-8-20-58-55(57)59-30-36-14-16-39-9-6-18-56(39)19-7-11-47(53(36)56)65-49-27-35(15-17-44(49)61)54-46(63)28-43-48(66-54)29-50(64-4)52-42-25-38(21-31(2)3)45(62)26-37(42)24-41(34)51(43)52/h12-17,25-27,29,31-34,36,39-41,46-47,53-54,60-63H,5-11,18-24,28,30H2,1-4H3,(H3,57,58,59)/t32-,33+,34+,36-,39-,40-,41+,46+,47-,53-,54-,56+/m0/s1. The molecule has 0 saturated heterocycles. The average molecular weight is 900 g/mol. The topological polar surface area (TPSA) is 159 Å². The second-order valence-electron chi connectivity index (χ2n) is 21.6. The van der Waals surface area contributed by atoms with Crippen LogP contribution >= 0.6 is 0 Å². The summed E-state index contributed by atoms with van der Waals surface area (Å²) in [5.41, 5.74) is 13.7. The number of rotatable bonds is 4. The Morgan fingerprint density at radius 1 is 0.879 bits per heavy atom. The number of nitrogens with zero attached hydrogens (tertiary/aromatic N) is 1. The minimum absolute atomic E-state index is 0.0392. The molecule has 10 nitrogen and oxygen atoms in total. The maximum atomic E-state index is 12.3. The Hall–Kier alpha value is -4.67. The number of benzene rings is 3. The first-order valence-electron chi connectivity index (χ1n) is 25.5. The van der Waals surface area contributed by atoms with E-state index in [0.29, 0.717) is 73.3 Å². The van der Waals surface area contributed by atoms with Crippen molar-refractivity contribution < 1.29 is 34.6 Å². The number of fused-ring (bicyclic) bond motifs is 2. The van der Waals surface area contributed by atoms with Crippen molar-refractivity contribution in [3.8, 4) is 39.9 Å². The molecule has 66 heavy (non-hydrogen) atoms. The molecule has 5 heterocycles. The van der Waals surface area contributed by atoms with Gasteiger partial charge in [-0.25, -0.2) is 0 Å². The van der Waals surface area contributed by atoms with E-state index >= 15 is 0 Å². The number of phenols is 2. The Bertz CT molecular complexity index is 2370. The molecule has 0 amide bonds. The molecule has 0 radical (unpaired) electrons. The van der Waals surface area contributed by atoms with E-state index in [2.05, 4.69) is 56.5 Å². The molecular formula is C56H73N3O7. The molecule has 10 heteroatoms. The van der Waals surface area contributed by atoms with Gasteiger partial charge in [-0.05, 0) is 164 Å². The number of aliphatic hydroxyl groups excluding tert-OH is 2. The van der Waals surface area contributed by atoms with Crippen molar-refractivity contribution in [3.05, 3.63) is 88.5 Å². The number of hydrogen-bond donors (Lipinski definition) is 6. The highest BCUT2D eigenvalue weighted by atomic mass is 16.5. The van der Waals surface area contributed by atoms with E-state index in [4.69, 9.17) is 24.9 Å². The molecule has 354 valence electrons. The second-order valence-corrected chi connectivity index (χ2v) is 21.6. The van der Waals surface area contributed by atoms with E-state index in [1.165, 1.54) is 12.8 Å². The van der Waals surface area contributed by atoms with Gasteiger partial charge in [0.1, 0.15) is 29.5 Å². The van der Waals surface area contributed by atoms with Crippen molar-refractivity contribution in [3.63, 3.8) is 0 Å². The van der Waals surface area contributed by atoms with Crippen LogP contribution in [0, 0.1) is 46.8 Å². The summed E-state index contributed by atoms with van der Waals surface area (Å²) in [6.45, 7) is 7.81. The van der Waals surface area contributed by atoms with Gasteiger partial charge in [0.2, 0.25) is 0 Å². The highest BCUT2D eigenvalue weighted by Crippen LogP contribution is 2.62. The van der Waals surface area contributed by atoms with Gasteiger partial charge in [0.15, 0.2) is 17.5 Å². The zero-order valence-electron chi connectivity index (χ0n) is 39.6. The molecule has 3 aromatic carbocycles. The minimum atomic E-state index is -0.873. The predicted octanol–water partition coefficient (Wildman–Crippen LogP) is 9.84. The van der Waals surface area contributed by atoms with Crippen molar-refractivity contribution in [2.75, 3.05) is 20.2 Å². The van der Waals surface area contributed by atoms with Crippen LogP contribution in [-0.4, -0.2) is 64.9 Å². The molecule has 2 saturated carbocycles. The van der Waals surface area contributed by atoms with E-state index < -0.39 is 18.3 Å². The number of aliphatic hydroxyl groups is 2. The van der Waals surface area contributed by atoms with Crippen LogP contribution in [0.15, 0.2) is 65.7 Å². The Morgan fingerprint density at radius 3 is 2.48 bits per heavy atom. The number of methoxy groups -OCH3 is 1. The SMILES string of the molecule is CC[C@H]1C[C@H]2C=C[C@@H]1C[C@@H](O)CCCNC(N)=NC[C@@H]1C=C[C@@H]3CCC[C@@]34CCC[C@H](Oc3cc(ccc3O)[C@@H]3Oc5cc(OC)c6c(c5C[C@H]3O)[C@@H]2Cc2cc(O)c(CC(C)C)cc2-6)[C@H]14. The number of allylic oxidation sites excluding steroid dienone is 3. The van der Waals surface area contributed by atoms with Gasteiger partial charge in [-0.2, -0.15) is 0 Å². The predicted molar refractivity (Wildman–Crippen MR) is 259 cm³/mol. The summed E-state index contributed by atoms with van der Waals surface area (Å²) in [4.78, 5) is 4.91. The van der Waals surface area contributed by atoms with Crippen LogP contribution in [0.2, 0.25) is 0 Å². The summed E-state index contributed by atoms with van der Waals surface area (Å²) in [6, 6.07) is 11.6. The van der Waals surface area contributed by atoms with E-state index in [-0.39, 0.29) is 46.9 Å². The van der Waals surface area contributed by atoms with E-state index in [0.717, 1.165) is 102 Å². The van der Waals surface area contributed by atoms with Crippen molar-refractivity contribution in [1.29, 1.82) is 0 Å². The monoisotopic (exact) mass is 900 g/mol. The second kappa shape index (κ2) is 18.4. The normalized spacial score (nSPS) is 33.7. The van der Waals surface area contributed by atoms with Crippen LogP contribution in [0.1, 0.15) is 131 Å². The molecule has 12 atom stereocenters. The summed E-state index contributed by atoms with van der Waals surface area (Å²) in [5.74, 6) is 4.76. The van der Waals surface area contributed by atoms with Gasteiger partial charge in [-0.3, -0.25) is 4.99 Å². The van der Waals surface area contributed by atoms with Crippen LogP contribution < -0.4 is 25.3 Å². The van der Waals surface area contributed by atoms with Crippen molar-refractivity contribution >= 4 is 5.96 Å². The van der Waals surface area contributed by atoms with Gasteiger partial charge in [0.25, 0.3) is 0 Å². The maximum absolute atomic E-state index is 12.3. The van der Waals surface area contributed by atoms with E-state index in [1.807, 2.05) is 24.3 Å². The highest BCUT2D eigenvalue weighted by molar-refractivity contribution is 5.84. The zero-order chi connectivity index (χ0) is 45.9. The number of nitrogens with two attached hydrogens (primary N) is 1. The highest BCUT2D eigenvalue weighted by Gasteiger charge is 2.56. The van der Waals surface area contributed by atoms with Crippen molar-refractivity contribution in [2.24, 2.45) is 57.6 Å². The summed E-state index contributed by atoms with van der Waals surface area (Å²) in [5, 5.41) is 50.0. The molecule has 5 aliphatic carbocycles. The van der Waals surface area contributed by atoms with E-state index in [9.17, 15) is 20.4 Å². The number of nitrogens with one attached hydrogen (secondary N) is 1. The molecule has 8 bridgehead atoms. The largest absolute Gasteiger partial charge is 0.508 e. The summed E-state index contributed by atoms with van der Waals surface area (Å²) >= 11 is 0. The lowest BCUT2D eigenvalue weighted by atomic mass is 9.53. The van der Waals surface area contributed by atoms with Gasteiger partial charge in [0.05, 0.1) is 19.3 Å². The van der Waals surface area contributed by atoms with Crippen LogP contribution in [-0.2, 0) is 19.3 Å². The molecule has 0 aromatic heterocycles. The van der Waals surface area contributed by atoms with Crippen molar-refractivity contribution in [1.82, 2.24) is 5.32 Å². The first-order valence-corrected chi connectivity index (χ1v) is 25.5. The Balaban J connectivity index is 1.07. The molecule has 2 fully saturated rings. The van der Waals surface area contributed by atoms with Crippen LogP contribution in [0.5, 0.6) is 28.7 Å². The van der Waals surface area contributed by atoms with Crippen LogP contribution in [0.3, 0.4) is 0 Å². The number of aromatic hydroxyl groups is 2. The Morgan fingerprint density at radius 2 is 1.68 bits per heavy atom. The lowest BCUT2D eigenvalue weighted by Crippen LogP contribution is -2.52. The molecule has 3 aromatic rings.